The number of carbonyl (C=O) groups is 1. The monoisotopic (exact) mass is 486 g/mol. The van der Waals surface area contributed by atoms with Crippen LogP contribution in [-0.2, 0) is 11.2 Å². The van der Waals surface area contributed by atoms with Crippen LogP contribution in [0, 0.1) is 22.6 Å². The topological polar surface area (TPSA) is 59.0 Å². The summed E-state index contributed by atoms with van der Waals surface area (Å²) in [6, 6.07) is 19.6. The van der Waals surface area contributed by atoms with Crippen molar-refractivity contribution >= 4 is 11.6 Å². The van der Waals surface area contributed by atoms with Crippen LogP contribution < -0.4 is 9.64 Å². The number of methoxy groups -OCH3 is 1. The molecule has 6 heteroatoms. The Morgan fingerprint density at radius 1 is 1.06 bits per heavy atom. The summed E-state index contributed by atoms with van der Waals surface area (Å²) in [4.78, 5) is 25.4. The second-order valence-electron chi connectivity index (χ2n) is 10.1. The zero-order valence-electron chi connectivity index (χ0n) is 20.9. The minimum atomic E-state index is -0.566. The number of anilines is 1. The molecule has 1 fully saturated rings. The number of fused-ring (bicyclic) bond motifs is 1. The van der Waals surface area contributed by atoms with Crippen molar-refractivity contribution in [1.82, 2.24) is 0 Å². The Morgan fingerprint density at radius 3 is 2.47 bits per heavy atom. The van der Waals surface area contributed by atoms with Gasteiger partial charge in [0.05, 0.1) is 13.2 Å². The van der Waals surface area contributed by atoms with E-state index in [1.54, 1.807) is 19.2 Å². The van der Waals surface area contributed by atoms with Gasteiger partial charge in [-0.2, -0.15) is 0 Å². The highest BCUT2D eigenvalue weighted by molar-refractivity contribution is 5.80. The molecule has 3 aromatic carbocycles. The molecule has 1 saturated carbocycles. The number of amides is 1. The Hall–Kier alpha value is -3.54. The molecule has 1 amide bonds. The van der Waals surface area contributed by atoms with Crippen LogP contribution in [0.3, 0.4) is 0 Å². The average molecular weight is 487 g/mol. The number of carbonyl (C=O) groups excluding carboxylic acids is 1. The number of hydrogen-bond acceptors (Lipinski definition) is 4. The van der Waals surface area contributed by atoms with Gasteiger partial charge >= 0.3 is 0 Å². The predicted molar refractivity (Wildman–Crippen MR) is 140 cm³/mol. The van der Waals surface area contributed by atoms with Crippen molar-refractivity contribution in [2.45, 2.75) is 44.6 Å². The SMILES string of the molecule is COc1ccc(F)c(-c2ccc(C3CCc4ccc([C@H](C5CC5)[C@H](C)C(=O)N=O)cc4N3C)cc2)c1. The predicted octanol–water partition coefficient (Wildman–Crippen LogP) is 7.05. The fourth-order valence-corrected chi connectivity index (χ4v) is 5.77. The van der Waals surface area contributed by atoms with Gasteiger partial charge in [0.2, 0.25) is 0 Å². The zero-order chi connectivity index (χ0) is 25.4. The fourth-order valence-electron chi connectivity index (χ4n) is 5.77. The Labute approximate surface area is 211 Å². The Kier molecular flexibility index (Phi) is 6.61. The summed E-state index contributed by atoms with van der Waals surface area (Å²) in [6.07, 6.45) is 4.09. The Bertz CT molecular complexity index is 1290. The third-order valence-corrected chi connectivity index (χ3v) is 7.96. The molecular formula is C30H31FN2O3. The largest absolute Gasteiger partial charge is 0.497 e. The summed E-state index contributed by atoms with van der Waals surface area (Å²) in [6.45, 7) is 1.82. The highest BCUT2D eigenvalue weighted by Crippen LogP contribution is 2.49. The van der Waals surface area contributed by atoms with E-state index in [4.69, 9.17) is 4.74 Å². The van der Waals surface area contributed by atoms with Crippen molar-refractivity contribution in [2.24, 2.45) is 17.0 Å². The first-order valence-electron chi connectivity index (χ1n) is 12.6. The van der Waals surface area contributed by atoms with Crippen LogP contribution in [0.15, 0.2) is 65.8 Å². The van der Waals surface area contributed by atoms with Gasteiger partial charge in [-0.05, 0) is 84.0 Å². The normalized spacial score (nSPS) is 18.8. The van der Waals surface area contributed by atoms with Gasteiger partial charge in [0.1, 0.15) is 11.6 Å². The van der Waals surface area contributed by atoms with Crippen LogP contribution in [0.1, 0.15) is 54.8 Å². The van der Waals surface area contributed by atoms with E-state index in [2.05, 4.69) is 47.5 Å². The van der Waals surface area contributed by atoms with E-state index in [1.807, 2.05) is 19.1 Å². The molecule has 0 aromatic heterocycles. The van der Waals surface area contributed by atoms with Crippen molar-refractivity contribution in [3.63, 3.8) is 0 Å². The maximum Gasteiger partial charge on any atom is 0.289 e. The fraction of sp³-hybridized carbons (Fsp3) is 0.367. The molecule has 1 aliphatic heterocycles. The molecule has 3 aromatic rings. The van der Waals surface area contributed by atoms with Crippen LogP contribution in [0.4, 0.5) is 10.1 Å². The van der Waals surface area contributed by atoms with E-state index < -0.39 is 11.8 Å². The highest BCUT2D eigenvalue weighted by atomic mass is 19.1. The molecule has 3 atom stereocenters. The molecule has 5 rings (SSSR count). The Morgan fingerprint density at radius 2 is 1.81 bits per heavy atom. The standard InChI is InChI=1S/C30H31FN2O3/c1-18(30(34)32-35)29(22-9-10-22)23-11-8-21-12-15-27(33(2)28(21)16-23)20-6-4-19(5-7-20)25-17-24(36-3)13-14-26(25)31/h4-8,11,13-14,16-18,22,27,29H,9-10,12,15H2,1-3H3/t18-,27?,29-/m0/s1. The number of hydrogen-bond donors (Lipinski definition) is 0. The van der Waals surface area contributed by atoms with Crippen molar-refractivity contribution < 1.29 is 13.9 Å². The van der Waals surface area contributed by atoms with E-state index in [9.17, 15) is 14.1 Å². The van der Waals surface area contributed by atoms with E-state index in [0.29, 0.717) is 17.2 Å². The van der Waals surface area contributed by atoms with E-state index in [0.717, 1.165) is 42.5 Å². The molecule has 1 heterocycles. The third-order valence-electron chi connectivity index (χ3n) is 7.96. The number of nitrogens with zero attached hydrogens (tertiary/aromatic N) is 2. The second kappa shape index (κ2) is 9.84. The summed E-state index contributed by atoms with van der Waals surface area (Å²) < 4.78 is 19.7. The summed E-state index contributed by atoms with van der Waals surface area (Å²) in [5.74, 6) is -0.183. The number of ether oxygens (including phenoxy) is 1. The molecule has 5 nitrogen and oxygen atoms in total. The highest BCUT2D eigenvalue weighted by Gasteiger charge is 2.39. The maximum atomic E-state index is 14.5. The Balaban J connectivity index is 1.42. The zero-order valence-corrected chi connectivity index (χ0v) is 20.9. The number of halogens is 1. The minimum Gasteiger partial charge on any atom is -0.497 e. The molecular weight excluding hydrogens is 455 g/mol. The number of aryl methyl sites for hydroxylation is 1. The van der Waals surface area contributed by atoms with Crippen LogP contribution in [-0.4, -0.2) is 20.1 Å². The molecule has 186 valence electrons. The molecule has 36 heavy (non-hydrogen) atoms. The summed E-state index contributed by atoms with van der Waals surface area (Å²) >= 11 is 0. The molecule has 1 unspecified atom stereocenters. The summed E-state index contributed by atoms with van der Waals surface area (Å²) in [5.41, 5.74) is 6.06. The molecule has 0 spiro atoms. The first kappa shape index (κ1) is 24.2. The van der Waals surface area contributed by atoms with Crippen LogP contribution in [0.5, 0.6) is 5.75 Å². The smallest absolute Gasteiger partial charge is 0.289 e. The van der Waals surface area contributed by atoms with Gasteiger partial charge in [0, 0.05) is 29.4 Å². The van der Waals surface area contributed by atoms with Gasteiger partial charge in [-0.15, -0.1) is 4.91 Å². The van der Waals surface area contributed by atoms with E-state index in [-0.39, 0.29) is 17.8 Å². The second-order valence-corrected chi connectivity index (χ2v) is 10.1. The van der Waals surface area contributed by atoms with Gasteiger partial charge in [-0.3, -0.25) is 4.79 Å². The van der Waals surface area contributed by atoms with Crippen LogP contribution >= 0.6 is 0 Å². The molecule has 0 radical (unpaired) electrons. The number of rotatable bonds is 7. The van der Waals surface area contributed by atoms with Crippen molar-refractivity contribution in [1.29, 1.82) is 0 Å². The summed E-state index contributed by atoms with van der Waals surface area (Å²) in [7, 11) is 3.68. The molecule has 2 aliphatic rings. The van der Waals surface area contributed by atoms with Crippen LogP contribution in [0.2, 0.25) is 0 Å². The molecule has 1 aliphatic carbocycles. The third kappa shape index (κ3) is 4.52. The lowest BCUT2D eigenvalue weighted by Crippen LogP contribution is -2.30. The maximum absolute atomic E-state index is 14.5. The number of nitroso groups, excluding NO2 is 1. The van der Waals surface area contributed by atoms with Gasteiger partial charge in [0.15, 0.2) is 0 Å². The lowest BCUT2D eigenvalue weighted by atomic mass is 9.81. The first-order chi connectivity index (χ1) is 17.4. The summed E-state index contributed by atoms with van der Waals surface area (Å²) in [5, 5.41) is 2.71. The van der Waals surface area contributed by atoms with Gasteiger partial charge in [-0.25, -0.2) is 4.39 Å². The van der Waals surface area contributed by atoms with E-state index >= 15 is 0 Å². The lowest BCUT2D eigenvalue weighted by Gasteiger charge is -2.37. The van der Waals surface area contributed by atoms with Gasteiger partial charge < -0.3 is 9.64 Å². The quantitative estimate of drug-likeness (QED) is 0.336. The van der Waals surface area contributed by atoms with Crippen molar-refractivity contribution in [3.05, 3.63) is 88.1 Å². The van der Waals surface area contributed by atoms with Crippen molar-refractivity contribution in [3.8, 4) is 16.9 Å². The minimum absolute atomic E-state index is 0.0197. The van der Waals surface area contributed by atoms with Crippen LogP contribution in [0.25, 0.3) is 11.1 Å². The lowest BCUT2D eigenvalue weighted by molar-refractivity contribution is -0.122. The number of benzene rings is 3. The van der Waals surface area contributed by atoms with Crippen molar-refractivity contribution in [2.75, 3.05) is 19.1 Å². The van der Waals surface area contributed by atoms with Gasteiger partial charge in [-0.1, -0.05) is 43.3 Å². The van der Waals surface area contributed by atoms with E-state index in [1.165, 1.54) is 17.2 Å². The average Bonchev–Trinajstić information content (AvgIpc) is 3.74. The molecule has 0 N–H and O–H groups in total. The first-order valence-corrected chi connectivity index (χ1v) is 12.6. The van der Waals surface area contributed by atoms with Gasteiger partial charge in [0.25, 0.3) is 5.91 Å². The molecule has 0 saturated heterocycles. The molecule has 0 bridgehead atoms.